The van der Waals surface area contributed by atoms with E-state index < -0.39 is 17.8 Å². The van der Waals surface area contributed by atoms with Gasteiger partial charge in [-0.15, -0.1) is 0 Å². The number of nitrogens with one attached hydrogen (secondary N) is 1. The largest absolute Gasteiger partial charge is 0.491 e. The highest BCUT2D eigenvalue weighted by Gasteiger charge is 2.26. The number of halogens is 2. The summed E-state index contributed by atoms with van der Waals surface area (Å²) in [5.74, 6) is -0.739. The molecule has 3 nitrogen and oxygen atoms in total. The maximum absolute atomic E-state index is 13.2. The molecule has 0 spiro atoms. The number of amides is 1. The van der Waals surface area contributed by atoms with Crippen LogP contribution in [0.3, 0.4) is 0 Å². The number of hydrogen-bond acceptors (Lipinski definition) is 2. The van der Waals surface area contributed by atoms with Gasteiger partial charge in [-0.3, -0.25) is 4.79 Å². The lowest BCUT2D eigenvalue weighted by molar-refractivity contribution is 0.0930. The molecule has 0 aliphatic carbocycles. The van der Waals surface area contributed by atoms with Crippen LogP contribution >= 0.6 is 0 Å². The zero-order chi connectivity index (χ0) is 14.1. The Hall–Kier alpha value is -2.43. The fraction of sp³-hybridized carbons (Fsp3) is 0.133. The van der Waals surface area contributed by atoms with E-state index in [0.717, 1.165) is 6.07 Å². The van der Waals surface area contributed by atoms with Crippen molar-refractivity contribution in [2.75, 3.05) is 6.61 Å². The number of rotatable bonds is 2. The molecule has 102 valence electrons. The highest BCUT2D eigenvalue weighted by molar-refractivity contribution is 5.94. The van der Waals surface area contributed by atoms with E-state index in [0.29, 0.717) is 11.3 Å². The van der Waals surface area contributed by atoms with Crippen molar-refractivity contribution in [3.05, 3.63) is 65.2 Å². The first-order valence-corrected chi connectivity index (χ1v) is 6.12. The second-order valence-corrected chi connectivity index (χ2v) is 4.53. The number of benzene rings is 2. The van der Waals surface area contributed by atoms with Crippen LogP contribution in [-0.4, -0.2) is 12.5 Å². The van der Waals surface area contributed by atoms with Crippen LogP contribution in [0.5, 0.6) is 5.75 Å². The van der Waals surface area contributed by atoms with Gasteiger partial charge in [0.25, 0.3) is 5.91 Å². The van der Waals surface area contributed by atoms with Crippen molar-refractivity contribution in [2.45, 2.75) is 6.04 Å². The van der Waals surface area contributed by atoms with Crippen LogP contribution in [0.1, 0.15) is 22.0 Å². The third-order valence-electron chi connectivity index (χ3n) is 3.14. The van der Waals surface area contributed by atoms with E-state index >= 15 is 0 Å². The summed E-state index contributed by atoms with van der Waals surface area (Å²) in [5, 5.41) is 2.71. The van der Waals surface area contributed by atoms with Crippen LogP contribution in [0.2, 0.25) is 0 Å². The standard InChI is InChI=1S/C15H11F2NO2/c16-10-3-1-2-9(6-10)15(19)18-13-8-20-14-5-4-11(17)7-12(13)14/h1-7,13H,8H2,(H,18,19). The second-order valence-electron chi connectivity index (χ2n) is 4.53. The average Bonchev–Trinajstić information content (AvgIpc) is 2.81. The molecule has 3 rings (SSSR count). The van der Waals surface area contributed by atoms with E-state index in [2.05, 4.69) is 5.32 Å². The minimum absolute atomic E-state index is 0.217. The normalized spacial score (nSPS) is 16.4. The highest BCUT2D eigenvalue weighted by Crippen LogP contribution is 2.32. The lowest BCUT2D eigenvalue weighted by Gasteiger charge is -2.11. The Labute approximate surface area is 114 Å². The molecule has 2 aromatic carbocycles. The molecule has 1 aliphatic rings. The minimum Gasteiger partial charge on any atom is -0.491 e. The predicted octanol–water partition coefficient (Wildman–Crippen LogP) is 2.83. The molecule has 1 heterocycles. The first-order valence-electron chi connectivity index (χ1n) is 6.12. The van der Waals surface area contributed by atoms with Crippen molar-refractivity contribution >= 4 is 5.91 Å². The summed E-state index contributed by atoms with van der Waals surface area (Å²) < 4.78 is 31.7. The Morgan fingerprint density at radius 2 is 1.95 bits per heavy atom. The first-order chi connectivity index (χ1) is 9.63. The Bertz CT molecular complexity index is 673. The predicted molar refractivity (Wildman–Crippen MR) is 68.5 cm³/mol. The third kappa shape index (κ3) is 2.34. The molecule has 1 amide bonds. The van der Waals surface area contributed by atoms with E-state index in [1.165, 1.54) is 36.4 Å². The van der Waals surface area contributed by atoms with Crippen molar-refractivity contribution in [1.82, 2.24) is 5.32 Å². The topological polar surface area (TPSA) is 38.3 Å². The Morgan fingerprint density at radius 3 is 2.75 bits per heavy atom. The van der Waals surface area contributed by atoms with Gasteiger partial charge in [0, 0.05) is 11.1 Å². The molecule has 2 aromatic rings. The van der Waals surface area contributed by atoms with Crippen molar-refractivity contribution in [3.8, 4) is 5.75 Å². The van der Waals surface area contributed by atoms with Gasteiger partial charge in [-0.1, -0.05) is 6.07 Å². The molecule has 0 aromatic heterocycles. The lowest BCUT2D eigenvalue weighted by Crippen LogP contribution is -2.29. The number of fused-ring (bicyclic) bond motifs is 1. The fourth-order valence-electron chi connectivity index (χ4n) is 2.18. The lowest BCUT2D eigenvalue weighted by atomic mass is 10.1. The molecule has 0 fully saturated rings. The van der Waals surface area contributed by atoms with Crippen molar-refractivity contribution in [2.24, 2.45) is 0 Å². The Morgan fingerprint density at radius 1 is 1.15 bits per heavy atom. The molecule has 0 radical (unpaired) electrons. The van der Waals surface area contributed by atoms with Crippen LogP contribution in [0, 0.1) is 11.6 Å². The van der Waals surface area contributed by atoms with Gasteiger partial charge in [0.15, 0.2) is 0 Å². The summed E-state index contributed by atoms with van der Waals surface area (Å²) in [5.41, 5.74) is 0.810. The van der Waals surface area contributed by atoms with Gasteiger partial charge in [0.2, 0.25) is 0 Å². The molecule has 5 heteroatoms. The Kier molecular flexibility index (Phi) is 3.10. The highest BCUT2D eigenvalue weighted by atomic mass is 19.1. The molecular formula is C15H11F2NO2. The molecule has 0 saturated carbocycles. The molecule has 1 aliphatic heterocycles. The molecule has 1 atom stereocenters. The van der Waals surface area contributed by atoms with Crippen LogP contribution in [0.15, 0.2) is 42.5 Å². The fourth-order valence-corrected chi connectivity index (χ4v) is 2.18. The van der Waals surface area contributed by atoms with Gasteiger partial charge in [-0.25, -0.2) is 8.78 Å². The van der Waals surface area contributed by atoms with E-state index in [-0.39, 0.29) is 18.0 Å². The summed E-state index contributed by atoms with van der Waals surface area (Å²) in [6.07, 6.45) is 0. The van der Waals surface area contributed by atoms with Crippen LogP contribution in [-0.2, 0) is 0 Å². The molecule has 1 unspecified atom stereocenters. The number of carbonyl (C=O) groups excluding carboxylic acids is 1. The maximum atomic E-state index is 13.2. The number of ether oxygens (including phenoxy) is 1. The van der Waals surface area contributed by atoms with E-state index in [1.54, 1.807) is 0 Å². The van der Waals surface area contributed by atoms with Crippen molar-refractivity contribution < 1.29 is 18.3 Å². The van der Waals surface area contributed by atoms with Crippen LogP contribution in [0.25, 0.3) is 0 Å². The summed E-state index contributed by atoms with van der Waals surface area (Å²) in [6.45, 7) is 0.236. The molecule has 0 bridgehead atoms. The summed E-state index contributed by atoms with van der Waals surface area (Å²) >= 11 is 0. The smallest absolute Gasteiger partial charge is 0.251 e. The molecular weight excluding hydrogens is 264 g/mol. The second kappa shape index (κ2) is 4.92. The van der Waals surface area contributed by atoms with Gasteiger partial charge in [0.1, 0.15) is 24.0 Å². The summed E-state index contributed by atoms with van der Waals surface area (Å²) in [6, 6.07) is 9.12. The monoisotopic (exact) mass is 275 g/mol. The zero-order valence-corrected chi connectivity index (χ0v) is 10.4. The van der Waals surface area contributed by atoms with Crippen LogP contribution < -0.4 is 10.1 Å². The van der Waals surface area contributed by atoms with Gasteiger partial charge in [-0.05, 0) is 36.4 Å². The average molecular weight is 275 g/mol. The van der Waals surface area contributed by atoms with Crippen LogP contribution in [0.4, 0.5) is 8.78 Å². The maximum Gasteiger partial charge on any atom is 0.251 e. The van der Waals surface area contributed by atoms with Gasteiger partial charge < -0.3 is 10.1 Å². The number of carbonyl (C=O) groups is 1. The van der Waals surface area contributed by atoms with Crippen molar-refractivity contribution in [1.29, 1.82) is 0 Å². The zero-order valence-electron chi connectivity index (χ0n) is 10.4. The van der Waals surface area contributed by atoms with E-state index in [4.69, 9.17) is 4.74 Å². The number of hydrogen-bond donors (Lipinski definition) is 1. The molecule has 20 heavy (non-hydrogen) atoms. The SMILES string of the molecule is O=C(NC1COc2ccc(F)cc21)c1cccc(F)c1. The van der Waals surface area contributed by atoms with Gasteiger partial charge in [-0.2, -0.15) is 0 Å². The summed E-state index contributed by atoms with van der Waals surface area (Å²) in [7, 11) is 0. The van der Waals surface area contributed by atoms with Gasteiger partial charge >= 0.3 is 0 Å². The minimum atomic E-state index is -0.480. The summed E-state index contributed by atoms with van der Waals surface area (Å²) in [4.78, 5) is 12.0. The van der Waals surface area contributed by atoms with E-state index in [1.807, 2.05) is 0 Å². The molecule has 1 N–H and O–H groups in total. The third-order valence-corrected chi connectivity index (χ3v) is 3.14. The molecule has 0 saturated heterocycles. The quantitative estimate of drug-likeness (QED) is 0.915. The van der Waals surface area contributed by atoms with E-state index in [9.17, 15) is 13.6 Å². The van der Waals surface area contributed by atoms with Crippen molar-refractivity contribution in [3.63, 3.8) is 0 Å². The van der Waals surface area contributed by atoms with Gasteiger partial charge in [0.05, 0.1) is 6.04 Å². The Balaban J connectivity index is 1.80. The first kappa shape index (κ1) is 12.6.